The van der Waals surface area contributed by atoms with Gasteiger partial charge in [0.25, 0.3) is 0 Å². The van der Waals surface area contributed by atoms with E-state index in [9.17, 15) is 4.79 Å². The van der Waals surface area contributed by atoms with E-state index in [1.807, 2.05) is 28.2 Å². The second-order valence-electron chi connectivity index (χ2n) is 5.45. The number of hydrogen-bond donors (Lipinski definition) is 1. The van der Waals surface area contributed by atoms with Gasteiger partial charge in [-0.25, -0.2) is 4.98 Å². The molecule has 2 aromatic heterocycles. The van der Waals surface area contributed by atoms with Gasteiger partial charge >= 0.3 is 0 Å². The number of aromatic nitrogens is 2. The topological polar surface area (TPSA) is 46.4 Å². The molecule has 1 atom stereocenters. The molecule has 5 heteroatoms. The molecule has 1 aromatic carbocycles. The lowest BCUT2D eigenvalue weighted by Crippen LogP contribution is -2.27. The van der Waals surface area contributed by atoms with E-state index in [4.69, 9.17) is 0 Å². The van der Waals surface area contributed by atoms with E-state index in [-0.39, 0.29) is 5.91 Å². The molecule has 0 saturated carbocycles. The van der Waals surface area contributed by atoms with Crippen LogP contribution in [0, 0.1) is 0 Å². The Labute approximate surface area is 133 Å². The molecule has 0 bridgehead atoms. The summed E-state index contributed by atoms with van der Waals surface area (Å²) in [6.45, 7) is 2.88. The first kappa shape index (κ1) is 14.8. The van der Waals surface area contributed by atoms with Crippen molar-refractivity contribution >= 4 is 22.2 Å². The number of benzene rings is 1. The summed E-state index contributed by atoms with van der Waals surface area (Å²) in [5, 5.41) is 4.97. The second kappa shape index (κ2) is 6.75. The fourth-order valence-electron chi connectivity index (χ4n) is 2.46. The molecule has 0 aliphatic heterocycles. The molecular formula is C17H19N3OS. The summed E-state index contributed by atoms with van der Waals surface area (Å²) >= 11 is 1.57. The number of thiazole rings is 1. The predicted octanol–water partition coefficient (Wildman–Crippen LogP) is 3.25. The lowest BCUT2D eigenvalue weighted by atomic mass is 9.98. The maximum atomic E-state index is 12.0. The fraction of sp³-hybridized carbons (Fsp3) is 0.294. The van der Waals surface area contributed by atoms with Crippen LogP contribution in [0.5, 0.6) is 0 Å². The van der Waals surface area contributed by atoms with Crippen molar-refractivity contribution < 1.29 is 4.79 Å². The average molecular weight is 313 g/mol. The highest BCUT2D eigenvalue weighted by molar-refractivity contribution is 7.15. The van der Waals surface area contributed by atoms with Gasteiger partial charge in [-0.2, -0.15) is 0 Å². The molecule has 2 heterocycles. The third-order valence-corrected chi connectivity index (χ3v) is 4.52. The molecule has 3 aromatic rings. The van der Waals surface area contributed by atoms with Gasteiger partial charge in [-0.05, 0) is 17.9 Å². The molecule has 0 aliphatic rings. The van der Waals surface area contributed by atoms with Gasteiger partial charge in [0.1, 0.15) is 0 Å². The van der Waals surface area contributed by atoms with Crippen molar-refractivity contribution in [3.8, 4) is 0 Å². The van der Waals surface area contributed by atoms with Gasteiger partial charge in [-0.3, -0.25) is 9.20 Å². The fourth-order valence-corrected chi connectivity index (χ4v) is 3.18. The lowest BCUT2D eigenvalue weighted by molar-refractivity contribution is -0.120. The van der Waals surface area contributed by atoms with E-state index in [1.54, 1.807) is 11.3 Å². The summed E-state index contributed by atoms with van der Waals surface area (Å²) in [5.74, 6) is 0.477. The van der Waals surface area contributed by atoms with Crippen molar-refractivity contribution in [2.45, 2.75) is 25.7 Å². The molecule has 1 amide bonds. The van der Waals surface area contributed by atoms with Crippen LogP contribution in [0.2, 0.25) is 0 Å². The number of imidazole rings is 1. The summed E-state index contributed by atoms with van der Waals surface area (Å²) in [4.78, 5) is 17.3. The van der Waals surface area contributed by atoms with Gasteiger partial charge in [0.15, 0.2) is 4.96 Å². The first-order valence-corrected chi connectivity index (χ1v) is 8.33. The number of nitrogens with zero attached hydrogens (tertiary/aromatic N) is 2. The number of rotatable bonds is 6. The van der Waals surface area contributed by atoms with Crippen LogP contribution in [0.1, 0.15) is 30.5 Å². The lowest BCUT2D eigenvalue weighted by Gasteiger charge is -2.12. The van der Waals surface area contributed by atoms with Crippen molar-refractivity contribution in [2.75, 3.05) is 6.54 Å². The van der Waals surface area contributed by atoms with Gasteiger partial charge in [0.2, 0.25) is 5.91 Å². The highest BCUT2D eigenvalue weighted by Gasteiger charge is 2.09. The summed E-state index contributed by atoms with van der Waals surface area (Å²) < 4.78 is 1.95. The third-order valence-electron chi connectivity index (χ3n) is 3.75. The Kier molecular flexibility index (Phi) is 4.53. The first-order chi connectivity index (χ1) is 10.7. The summed E-state index contributed by atoms with van der Waals surface area (Å²) in [5.41, 5.74) is 2.13. The summed E-state index contributed by atoms with van der Waals surface area (Å²) in [6.07, 6.45) is 5.15. The number of carbonyl (C=O) groups is 1. The number of amides is 1. The molecule has 4 nitrogen and oxygen atoms in total. The Balaban J connectivity index is 1.45. The largest absolute Gasteiger partial charge is 0.356 e. The summed E-state index contributed by atoms with van der Waals surface area (Å²) in [7, 11) is 0. The molecule has 0 fully saturated rings. The molecule has 1 unspecified atom stereocenters. The molecule has 1 N–H and O–H groups in total. The van der Waals surface area contributed by atoms with Crippen LogP contribution in [0.25, 0.3) is 4.96 Å². The van der Waals surface area contributed by atoms with E-state index < -0.39 is 0 Å². The Morgan fingerprint density at radius 3 is 2.95 bits per heavy atom. The van der Waals surface area contributed by atoms with Crippen LogP contribution in [0.4, 0.5) is 0 Å². The van der Waals surface area contributed by atoms with Crippen LogP contribution < -0.4 is 5.32 Å². The number of carbonyl (C=O) groups excluding carboxylic acids is 1. The minimum atomic E-state index is 0.0333. The zero-order valence-corrected chi connectivity index (χ0v) is 13.3. The third kappa shape index (κ3) is 3.54. The average Bonchev–Trinajstić information content (AvgIpc) is 3.09. The molecule has 0 spiro atoms. The van der Waals surface area contributed by atoms with Crippen molar-refractivity contribution in [1.82, 2.24) is 14.7 Å². The zero-order chi connectivity index (χ0) is 15.4. The normalized spacial score (nSPS) is 12.4. The number of fused-ring (bicyclic) bond motifs is 1. The number of hydrogen-bond acceptors (Lipinski definition) is 3. The van der Waals surface area contributed by atoms with Crippen LogP contribution in [-0.4, -0.2) is 21.8 Å². The van der Waals surface area contributed by atoms with Crippen molar-refractivity contribution in [3.05, 3.63) is 59.4 Å². The molecule has 0 saturated heterocycles. The first-order valence-electron chi connectivity index (χ1n) is 7.45. The predicted molar refractivity (Wildman–Crippen MR) is 89.3 cm³/mol. The highest BCUT2D eigenvalue weighted by atomic mass is 32.1. The number of nitrogens with one attached hydrogen (secondary N) is 1. The van der Waals surface area contributed by atoms with Gasteiger partial charge in [-0.15, -0.1) is 11.3 Å². The molecular weight excluding hydrogens is 294 g/mol. The van der Waals surface area contributed by atoms with E-state index in [0.717, 1.165) is 17.1 Å². The quantitative estimate of drug-likeness (QED) is 0.759. The standard InChI is InChI=1S/C17H19N3OS/c1-13(14-5-3-2-4-6-14)7-8-18-16(21)11-15-12-20-9-10-22-17(20)19-15/h2-6,9-10,12-13H,7-8,11H2,1H3,(H,18,21). The van der Waals surface area contributed by atoms with Gasteiger partial charge in [-0.1, -0.05) is 37.3 Å². The molecule has 114 valence electrons. The molecule has 0 aliphatic carbocycles. The Bertz CT molecular complexity index is 719. The van der Waals surface area contributed by atoms with E-state index >= 15 is 0 Å². The SMILES string of the molecule is CC(CCNC(=O)Cc1cn2ccsc2n1)c1ccccc1. The molecule has 22 heavy (non-hydrogen) atoms. The van der Waals surface area contributed by atoms with Gasteiger partial charge in [0, 0.05) is 24.3 Å². The Morgan fingerprint density at radius 1 is 1.36 bits per heavy atom. The van der Waals surface area contributed by atoms with Crippen LogP contribution >= 0.6 is 11.3 Å². The van der Waals surface area contributed by atoms with Gasteiger partial charge < -0.3 is 5.32 Å². The van der Waals surface area contributed by atoms with Gasteiger partial charge in [0.05, 0.1) is 12.1 Å². The van der Waals surface area contributed by atoms with E-state index in [2.05, 4.69) is 41.5 Å². The Morgan fingerprint density at radius 2 is 2.18 bits per heavy atom. The minimum absolute atomic E-state index is 0.0333. The monoisotopic (exact) mass is 313 g/mol. The second-order valence-corrected chi connectivity index (χ2v) is 6.33. The maximum Gasteiger partial charge on any atom is 0.226 e. The Hall–Kier alpha value is -2.14. The molecule has 0 radical (unpaired) electrons. The minimum Gasteiger partial charge on any atom is -0.356 e. The smallest absolute Gasteiger partial charge is 0.226 e. The van der Waals surface area contributed by atoms with Crippen molar-refractivity contribution in [2.24, 2.45) is 0 Å². The van der Waals surface area contributed by atoms with Crippen LogP contribution in [0.15, 0.2) is 48.1 Å². The maximum absolute atomic E-state index is 12.0. The zero-order valence-electron chi connectivity index (χ0n) is 12.5. The molecule has 3 rings (SSSR count). The van der Waals surface area contributed by atoms with Crippen LogP contribution in [0.3, 0.4) is 0 Å². The van der Waals surface area contributed by atoms with E-state index in [0.29, 0.717) is 18.9 Å². The summed E-state index contributed by atoms with van der Waals surface area (Å²) in [6, 6.07) is 10.4. The van der Waals surface area contributed by atoms with Crippen LogP contribution in [-0.2, 0) is 11.2 Å². The van der Waals surface area contributed by atoms with Crippen molar-refractivity contribution in [3.63, 3.8) is 0 Å². The van der Waals surface area contributed by atoms with Crippen molar-refractivity contribution in [1.29, 1.82) is 0 Å². The van der Waals surface area contributed by atoms with E-state index in [1.165, 1.54) is 5.56 Å². The highest BCUT2D eigenvalue weighted by Crippen LogP contribution is 2.17.